The lowest BCUT2D eigenvalue weighted by Crippen LogP contribution is -2.16. The van der Waals surface area contributed by atoms with Gasteiger partial charge in [-0.3, -0.25) is 4.55 Å². The number of rotatable bonds is 4. The van der Waals surface area contributed by atoms with Crippen molar-refractivity contribution < 1.29 is 30.5 Å². The maximum Gasteiger partial charge on any atom is 0.297 e. The number of hydrogen-bond acceptors (Lipinski definition) is 5. The van der Waals surface area contributed by atoms with E-state index in [9.17, 15) is 21.2 Å². The quantitative estimate of drug-likeness (QED) is 0.793. The van der Waals surface area contributed by atoms with Gasteiger partial charge in [0.25, 0.3) is 10.1 Å². The number of nitrogens with two attached hydrogens (primary N) is 1. The number of ether oxygens (including phenoxy) is 1. The van der Waals surface area contributed by atoms with Crippen LogP contribution in [0.5, 0.6) is 5.75 Å². The second-order valence-electron chi connectivity index (χ2n) is 4.54. The van der Waals surface area contributed by atoms with Crippen molar-refractivity contribution in [1.29, 1.82) is 0 Å². The molecule has 0 saturated carbocycles. The first-order valence-electron chi connectivity index (χ1n) is 6.02. The largest absolute Gasteiger partial charge is 0.497 e. The average Bonchev–Trinajstić information content (AvgIpc) is 2.45. The molecule has 0 amide bonds. The van der Waals surface area contributed by atoms with E-state index in [0.717, 1.165) is 12.1 Å². The van der Waals surface area contributed by atoms with E-state index in [0.29, 0.717) is 11.3 Å². The van der Waals surface area contributed by atoms with Crippen LogP contribution in [0.15, 0.2) is 46.2 Å². The smallest absolute Gasteiger partial charge is 0.297 e. The van der Waals surface area contributed by atoms with Gasteiger partial charge in [-0.05, 0) is 35.4 Å². The fraction of sp³-hybridized carbons (Fsp3) is 0.0769. The van der Waals surface area contributed by atoms with Crippen molar-refractivity contribution in [2.24, 2.45) is 5.14 Å². The Kier molecular flexibility index (Phi) is 4.44. The lowest BCUT2D eigenvalue weighted by atomic mass is 10.1. The van der Waals surface area contributed by atoms with E-state index in [-0.39, 0.29) is 5.56 Å². The van der Waals surface area contributed by atoms with Crippen molar-refractivity contribution in [2.75, 3.05) is 7.11 Å². The Labute approximate surface area is 132 Å². The zero-order valence-corrected chi connectivity index (χ0v) is 13.4. The van der Waals surface area contributed by atoms with Gasteiger partial charge in [-0.25, -0.2) is 17.9 Å². The molecule has 2 aromatic carbocycles. The summed E-state index contributed by atoms with van der Waals surface area (Å²) in [5, 5.41) is 4.90. The van der Waals surface area contributed by atoms with E-state index in [2.05, 4.69) is 0 Å². The summed E-state index contributed by atoms with van der Waals surface area (Å²) in [5.41, 5.74) is 0.423. The van der Waals surface area contributed by atoms with E-state index in [4.69, 9.17) is 14.4 Å². The number of methoxy groups -OCH3 is 1. The summed E-state index contributed by atoms with van der Waals surface area (Å²) in [6.45, 7) is 0. The molecule has 0 saturated heterocycles. The summed E-state index contributed by atoms with van der Waals surface area (Å²) < 4.78 is 73.6. The Bertz CT molecular complexity index is 899. The molecule has 0 aliphatic rings. The van der Waals surface area contributed by atoms with Crippen LogP contribution in [0.3, 0.4) is 0 Å². The highest BCUT2D eigenvalue weighted by molar-refractivity contribution is 7.89. The molecule has 124 valence electrons. The van der Waals surface area contributed by atoms with E-state index < -0.39 is 35.7 Å². The molecule has 3 N–H and O–H groups in total. The van der Waals surface area contributed by atoms with Crippen molar-refractivity contribution in [1.82, 2.24) is 0 Å². The molecule has 0 aliphatic heterocycles. The third-order valence-corrected chi connectivity index (χ3v) is 4.78. The molecule has 10 heteroatoms. The molecular formula is C13H12FNO6S2. The Morgan fingerprint density at radius 1 is 1.00 bits per heavy atom. The van der Waals surface area contributed by atoms with E-state index in [1.165, 1.54) is 19.2 Å². The van der Waals surface area contributed by atoms with Crippen molar-refractivity contribution in [3.05, 3.63) is 42.2 Å². The highest BCUT2D eigenvalue weighted by Gasteiger charge is 2.25. The van der Waals surface area contributed by atoms with E-state index in [1.807, 2.05) is 0 Å². The lowest BCUT2D eigenvalue weighted by molar-refractivity contribution is 0.415. The van der Waals surface area contributed by atoms with Gasteiger partial charge in [0.1, 0.15) is 15.5 Å². The molecule has 0 aromatic heterocycles. The summed E-state index contributed by atoms with van der Waals surface area (Å²) in [4.78, 5) is -2.20. The molecule has 0 radical (unpaired) electrons. The van der Waals surface area contributed by atoms with Crippen LogP contribution in [0.25, 0.3) is 11.1 Å². The Morgan fingerprint density at radius 3 is 1.96 bits per heavy atom. The van der Waals surface area contributed by atoms with Crippen LogP contribution < -0.4 is 9.88 Å². The Hall–Kier alpha value is -2.01. The van der Waals surface area contributed by atoms with Crippen LogP contribution in [0.1, 0.15) is 0 Å². The van der Waals surface area contributed by atoms with E-state index in [1.54, 1.807) is 12.1 Å². The molecule has 0 aliphatic carbocycles. The zero-order valence-electron chi connectivity index (χ0n) is 11.7. The van der Waals surface area contributed by atoms with Crippen LogP contribution in [0.2, 0.25) is 0 Å². The van der Waals surface area contributed by atoms with Crippen LogP contribution in [-0.4, -0.2) is 28.5 Å². The molecule has 0 spiro atoms. The van der Waals surface area contributed by atoms with Gasteiger partial charge in [0.05, 0.1) is 7.11 Å². The molecule has 2 rings (SSSR count). The van der Waals surface area contributed by atoms with Gasteiger partial charge in [0.2, 0.25) is 10.0 Å². The third kappa shape index (κ3) is 3.67. The van der Waals surface area contributed by atoms with Crippen LogP contribution in [0, 0.1) is 5.82 Å². The van der Waals surface area contributed by atoms with Crippen LogP contribution >= 0.6 is 0 Å². The molecule has 0 bridgehead atoms. The number of primary sulfonamides is 1. The zero-order chi connectivity index (χ0) is 17.4. The minimum atomic E-state index is -4.98. The highest BCUT2D eigenvalue weighted by Crippen LogP contribution is 2.30. The number of sulfonamides is 1. The fourth-order valence-electron chi connectivity index (χ4n) is 1.92. The first kappa shape index (κ1) is 17.3. The molecule has 0 fully saturated rings. The molecule has 0 atom stereocenters. The van der Waals surface area contributed by atoms with Gasteiger partial charge >= 0.3 is 0 Å². The summed E-state index contributed by atoms with van der Waals surface area (Å²) in [6, 6.07) is 7.81. The van der Waals surface area contributed by atoms with E-state index >= 15 is 0 Å². The number of halogens is 1. The first-order chi connectivity index (χ1) is 10.5. The minimum Gasteiger partial charge on any atom is -0.497 e. The van der Waals surface area contributed by atoms with Gasteiger partial charge in [-0.1, -0.05) is 12.1 Å². The molecule has 7 nitrogen and oxygen atoms in total. The SMILES string of the molecule is COc1ccc(-c2cc(S(N)(=O)=O)c(F)c(S(=O)(=O)O)c2)cc1. The third-order valence-electron chi connectivity index (χ3n) is 3.01. The predicted molar refractivity (Wildman–Crippen MR) is 79.6 cm³/mol. The summed E-state index contributed by atoms with van der Waals surface area (Å²) in [6.07, 6.45) is 0. The summed E-state index contributed by atoms with van der Waals surface area (Å²) in [7, 11) is -8.07. The Morgan fingerprint density at radius 2 is 1.52 bits per heavy atom. The fourth-order valence-corrected chi connectivity index (χ4v) is 3.25. The normalized spacial score (nSPS) is 12.2. The van der Waals surface area contributed by atoms with Gasteiger partial charge < -0.3 is 4.74 Å². The maximum absolute atomic E-state index is 14.1. The second kappa shape index (κ2) is 5.89. The van der Waals surface area contributed by atoms with Gasteiger partial charge in [0.15, 0.2) is 5.82 Å². The monoisotopic (exact) mass is 361 g/mol. The van der Waals surface area contributed by atoms with Crippen molar-refractivity contribution in [3.63, 3.8) is 0 Å². The number of hydrogen-bond donors (Lipinski definition) is 2. The van der Waals surface area contributed by atoms with Gasteiger partial charge in [-0.15, -0.1) is 0 Å². The van der Waals surface area contributed by atoms with Gasteiger partial charge in [0, 0.05) is 0 Å². The van der Waals surface area contributed by atoms with Crippen molar-refractivity contribution in [2.45, 2.75) is 9.79 Å². The lowest BCUT2D eigenvalue weighted by Gasteiger charge is -2.10. The number of benzene rings is 2. The van der Waals surface area contributed by atoms with Gasteiger partial charge in [-0.2, -0.15) is 8.42 Å². The second-order valence-corrected chi connectivity index (χ2v) is 7.45. The highest BCUT2D eigenvalue weighted by atomic mass is 32.2. The predicted octanol–water partition coefficient (Wildman–Crippen LogP) is 1.40. The minimum absolute atomic E-state index is 0.0469. The Balaban J connectivity index is 2.79. The van der Waals surface area contributed by atoms with Crippen LogP contribution in [-0.2, 0) is 20.1 Å². The van der Waals surface area contributed by atoms with Crippen LogP contribution in [0.4, 0.5) is 4.39 Å². The molecular weight excluding hydrogens is 349 g/mol. The first-order valence-corrected chi connectivity index (χ1v) is 9.01. The molecule has 0 heterocycles. The topological polar surface area (TPSA) is 124 Å². The van der Waals surface area contributed by atoms with Crippen molar-refractivity contribution in [3.8, 4) is 16.9 Å². The summed E-state index contributed by atoms with van der Waals surface area (Å²) in [5.74, 6) is -1.12. The maximum atomic E-state index is 14.1. The molecule has 2 aromatic rings. The average molecular weight is 361 g/mol. The molecule has 0 unspecified atom stereocenters. The summed E-state index contributed by atoms with van der Waals surface area (Å²) >= 11 is 0. The van der Waals surface area contributed by atoms with Crippen molar-refractivity contribution >= 4 is 20.1 Å². The standard InChI is InChI=1S/C13H12FNO6S2/c1-21-10-4-2-8(3-5-10)9-6-11(22(15,16)17)13(14)12(7-9)23(18,19)20/h2-7H,1H3,(H2,15,16,17)(H,18,19,20). The molecule has 23 heavy (non-hydrogen) atoms.